The molecular formula is C43H31NO. The number of allylic oxidation sites excluding steroid dienone is 4. The molecule has 1 aromatic heterocycles. The largest absolute Gasteiger partial charge is 0.456 e. The third-order valence-corrected chi connectivity index (χ3v) is 8.93. The van der Waals surface area contributed by atoms with Gasteiger partial charge in [0.25, 0.3) is 0 Å². The van der Waals surface area contributed by atoms with Gasteiger partial charge in [-0.25, -0.2) is 0 Å². The lowest BCUT2D eigenvalue weighted by atomic mass is 9.72. The third-order valence-electron chi connectivity index (χ3n) is 8.93. The molecule has 0 fully saturated rings. The molecule has 7 aromatic rings. The van der Waals surface area contributed by atoms with E-state index in [-0.39, 0.29) is 0 Å². The van der Waals surface area contributed by atoms with Crippen LogP contribution in [0.25, 0.3) is 44.2 Å². The lowest BCUT2D eigenvalue weighted by Crippen LogP contribution is -2.24. The Morgan fingerprint density at radius 2 is 1.20 bits per heavy atom. The Hall–Kier alpha value is -5.86. The Labute approximate surface area is 263 Å². The minimum absolute atomic E-state index is 0.400. The van der Waals surface area contributed by atoms with Crippen molar-refractivity contribution in [2.24, 2.45) is 0 Å². The van der Waals surface area contributed by atoms with Crippen LogP contribution in [0.4, 0.5) is 5.69 Å². The smallest absolute Gasteiger partial charge is 0.137 e. The monoisotopic (exact) mass is 577 g/mol. The predicted octanol–water partition coefficient (Wildman–Crippen LogP) is 11.3. The normalized spacial score (nSPS) is 13.6. The number of hydrogen-bond acceptors (Lipinski definition) is 2. The van der Waals surface area contributed by atoms with Gasteiger partial charge in [-0.1, -0.05) is 134 Å². The van der Waals surface area contributed by atoms with Crippen molar-refractivity contribution in [3.05, 3.63) is 199 Å². The van der Waals surface area contributed by atoms with Gasteiger partial charge >= 0.3 is 0 Å². The van der Waals surface area contributed by atoms with Crippen molar-refractivity contribution in [3.8, 4) is 22.3 Å². The summed E-state index contributed by atoms with van der Waals surface area (Å²) in [7, 11) is 0. The summed E-state index contributed by atoms with van der Waals surface area (Å²) in [6.07, 6.45) is 8.42. The molecule has 0 unspecified atom stereocenters. The summed E-state index contributed by atoms with van der Waals surface area (Å²) in [5.74, 6) is 0. The number of hydrogen-bond donors (Lipinski definition) is 1. The van der Waals surface area contributed by atoms with E-state index in [2.05, 4.69) is 170 Å². The molecule has 0 atom stereocenters. The zero-order valence-corrected chi connectivity index (χ0v) is 24.8. The maximum Gasteiger partial charge on any atom is 0.137 e. The lowest BCUT2D eigenvalue weighted by Gasteiger charge is -2.29. The number of fused-ring (bicyclic) bond motifs is 6. The van der Waals surface area contributed by atoms with Crippen molar-refractivity contribution < 1.29 is 4.42 Å². The fourth-order valence-electron chi connectivity index (χ4n) is 6.85. The highest BCUT2D eigenvalue weighted by Crippen LogP contribution is 2.53. The Balaban J connectivity index is 1.14. The molecule has 0 radical (unpaired) electrons. The van der Waals surface area contributed by atoms with Gasteiger partial charge in [0.05, 0.1) is 5.41 Å². The zero-order chi connectivity index (χ0) is 30.2. The van der Waals surface area contributed by atoms with Crippen molar-refractivity contribution in [1.29, 1.82) is 0 Å². The van der Waals surface area contributed by atoms with Gasteiger partial charge in [0.15, 0.2) is 0 Å². The second kappa shape index (κ2) is 11.0. The van der Waals surface area contributed by atoms with Gasteiger partial charge in [-0.05, 0) is 75.4 Å². The lowest BCUT2D eigenvalue weighted by molar-refractivity contribution is 0.669. The summed E-state index contributed by atoms with van der Waals surface area (Å²) in [4.78, 5) is 0. The van der Waals surface area contributed by atoms with Crippen molar-refractivity contribution in [2.75, 3.05) is 5.32 Å². The molecule has 0 saturated carbocycles. The number of furan rings is 1. The van der Waals surface area contributed by atoms with Crippen LogP contribution in [0.3, 0.4) is 0 Å². The molecule has 0 bridgehead atoms. The van der Waals surface area contributed by atoms with E-state index in [4.69, 9.17) is 4.42 Å². The van der Waals surface area contributed by atoms with Crippen LogP contribution in [-0.4, -0.2) is 0 Å². The molecule has 6 aromatic carbocycles. The van der Waals surface area contributed by atoms with Gasteiger partial charge in [-0.3, -0.25) is 0 Å². The van der Waals surface area contributed by atoms with Crippen LogP contribution in [-0.2, 0) is 5.41 Å². The van der Waals surface area contributed by atoms with Crippen LogP contribution in [0.1, 0.15) is 16.7 Å². The van der Waals surface area contributed by atoms with Gasteiger partial charge < -0.3 is 9.73 Å². The number of anilines is 1. The van der Waals surface area contributed by atoms with E-state index in [1.165, 1.54) is 33.4 Å². The predicted molar refractivity (Wildman–Crippen MR) is 188 cm³/mol. The summed E-state index contributed by atoms with van der Waals surface area (Å²) in [5.41, 5.74) is 11.9. The molecule has 1 N–H and O–H groups in total. The number of benzene rings is 6. The van der Waals surface area contributed by atoms with Crippen LogP contribution >= 0.6 is 0 Å². The quantitative estimate of drug-likeness (QED) is 0.191. The number of nitrogens with one attached hydrogen (secondary N) is 1. The Bertz CT molecular complexity index is 2210. The summed E-state index contributed by atoms with van der Waals surface area (Å²) in [5, 5.41) is 5.76. The van der Waals surface area contributed by atoms with Crippen molar-refractivity contribution >= 4 is 27.6 Å². The van der Waals surface area contributed by atoms with Crippen LogP contribution in [0.2, 0.25) is 0 Å². The second-order valence-corrected chi connectivity index (χ2v) is 11.5. The molecule has 0 saturated heterocycles. The van der Waals surface area contributed by atoms with Crippen LogP contribution in [0.15, 0.2) is 187 Å². The molecule has 214 valence electrons. The first-order chi connectivity index (χ1) is 22.2. The first-order valence-corrected chi connectivity index (χ1v) is 15.3. The van der Waals surface area contributed by atoms with E-state index >= 15 is 0 Å². The van der Waals surface area contributed by atoms with E-state index in [9.17, 15) is 0 Å². The minimum atomic E-state index is -0.400. The van der Waals surface area contributed by atoms with Crippen LogP contribution < -0.4 is 5.32 Å². The summed E-state index contributed by atoms with van der Waals surface area (Å²) in [6, 6.07) is 51.4. The summed E-state index contributed by atoms with van der Waals surface area (Å²) in [6.45, 7) is 4.10. The average molecular weight is 578 g/mol. The van der Waals surface area contributed by atoms with Gasteiger partial charge in [-0.2, -0.15) is 0 Å². The van der Waals surface area contributed by atoms with Crippen molar-refractivity contribution in [2.45, 2.75) is 5.41 Å². The summed E-state index contributed by atoms with van der Waals surface area (Å²) >= 11 is 0. The van der Waals surface area contributed by atoms with Gasteiger partial charge in [0.2, 0.25) is 0 Å². The molecule has 1 aliphatic rings. The Morgan fingerprint density at radius 3 is 1.89 bits per heavy atom. The molecule has 2 nitrogen and oxygen atoms in total. The van der Waals surface area contributed by atoms with Gasteiger partial charge in [0.1, 0.15) is 11.2 Å². The maximum absolute atomic E-state index is 6.35. The fraction of sp³-hybridized carbons (Fsp3) is 0.0233. The van der Waals surface area contributed by atoms with Crippen LogP contribution in [0, 0.1) is 0 Å². The first kappa shape index (κ1) is 26.7. The summed E-state index contributed by atoms with van der Waals surface area (Å²) < 4.78 is 6.35. The molecule has 0 aliphatic heterocycles. The van der Waals surface area contributed by atoms with Crippen molar-refractivity contribution in [1.82, 2.24) is 0 Å². The maximum atomic E-state index is 6.35. The molecule has 8 rings (SSSR count). The zero-order valence-electron chi connectivity index (χ0n) is 24.8. The van der Waals surface area contributed by atoms with Gasteiger partial charge in [0, 0.05) is 28.2 Å². The molecule has 1 heterocycles. The highest BCUT2D eigenvalue weighted by Gasteiger charge is 2.42. The van der Waals surface area contributed by atoms with Crippen LogP contribution in [0.5, 0.6) is 0 Å². The topological polar surface area (TPSA) is 25.2 Å². The van der Waals surface area contributed by atoms with E-state index in [1.54, 1.807) is 0 Å². The molecular weight excluding hydrogens is 546 g/mol. The highest BCUT2D eigenvalue weighted by atomic mass is 16.3. The molecule has 0 spiro atoms. The SMILES string of the molecule is C=C/C(=C\C=C\C1(c2ccccc2)c2ccccc2-c2ccccc21)Nc1ccc2c(c1)oc1cc(-c3ccccc3)ccc12. The molecule has 2 heteroatoms. The third kappa shape index (κ3) is 4.51. The van der Waals surface area contributed by atoms with E-state index in [0.29, 0.717) is 0 Å². The van der Waals surface area contributed by atoms with Gasteiger partial charge in [-0.15, -0.1) is 0 Å². The Morgan fingerprint density at radius 1 is 0.600 bits per heavy atom. The number of rotatable bonds is 7. The first-order valence-electron chi connectivity index (χ1n) is 15.3. The standard InChI is InChI=1S/C43H31NO/c1-2-33(44-34-24-26-38-37-25-23-31(30-14-5-3-6-15-30)28-41(37)45-42(38)29-34)18-13-27-43(32-16-7-4-8-17-32)39-21-11-9-19-35(39)36-20-10-12-22-40(36)43/h2-29,44H,1H2/b27-13+,33-18+. The molecule has 1 aliphatic carbocycles. The highest BCUT2D eigenvalue weighted by molar-refractivity contribution is 6.06. The molecule has 45 heavy (non-hydrogen) atoms. The Kier molecular flexibility index (Phi) is 6.54. The fourth-order valence-corrected chi connectivity index (χ4v) is 6.85. The molecule has 0 amide bonds. The minimum Gasteiger partial charge on any atom is -0.456 e. The van der Waals surface area contributed by atoms with E-state index in [1.807, 2.05) is 12.1 Å². The van der Waals surface area contributed by atoms with E-state index in [0.717, 1.165) is 38.9 Å². The van der Waals surface area contributed by atoms with E-state index < -0.39 is 5.41 Å². The van der Waals surface area contributed by atoms with Crippen molar-refractivity contribution in [3.63, 3.8) is 0 Å². The second-order valence-electron chi connectivity index (χ2n) is 11.5. The average Bonchev–Trinajstić information content (AvgIpc) is 3.61.